The fourth-order valence-corrected chi connectivity index (χ4v) is 3.05. The first kappa shape index (κ1) is 14.5. The number of aromatic nitrogens is 2. The van der Waals surface area contributed by atoms with Crippen molar-refractivity contribution in [3.63, 3.8) is 0 Å². The molecule has 1 fully saturated rings. The highest BCUT2D eigenvalue weighted by atomic mass is 15.3. The molecule has 0 saturated carbocycles. The summed E-state index contributed by atoms with van der Waals surface area (Å²) in [5.74, 6) is 0.699. The van der Waals surface area contributed by atoms with Crippen LogP contribution in [0, 0.1) is 5.92 Å². The maximum absolute atomic E-state index is 4.56. The average Bonchev–Trinajstić information content (AvgIpc) is 2.71. The van der Waals surface area contributed by atoms with Crippen molar-refractivity contribution in [3.8, 4) is 0 Å². The van der Waals surface area contributed by atoms with Crippen molar-refractivity contribution >= 4 is 0 Å². The van der Waals surface area contributed by atoms with Gasteiger partial charge >= 0.3 is 0 Å². The highest BCUT2D eigenvalue weighted by Gasteiger charge is 2.28. The molecule has 1 aliphatic rings. The molecule has 0 aromatic carbocycles. The fraction of sp³-hybridized carbons (Fsp3) is 0.800. The van der Waals surface area contributed by atoms with Gasteiger partial charge in [0.15, 0.2) is 0 Å². The van der Waals surface area contributed by atoms with Gasteiger partial charge in [-0.25, -0.2) is 0 Å². The van der Waals surface area contributed by atoms with E-state index in [1.54, 1.807) is 0 Å². The lowest BCUT2D eigenvalue weighted by molar-refractivity contribution is 0.0569. The molecule has 2 rings (SSSR count). The SMILES string of the molecule is CCc1nn(C)cc1CN1CCN(C)C[C@H]1C(C)C. The minimum Gasteiger partial charge on any atom is -0.304 e. The molecule has 1 aliphatic heterocycles. The highest BCUT2D eigenvalue weighted by molar-refractivity contribution is 5.17. The molecule has 4 heteroatoms. The molecule has 0 unspecified atom stereocenters. The molecular formula is C15H28N4. The van der Waals surface area contributed by atoms with E-state index in [1.165, 1.54) is 24.3 Å². The Hall–Kier alpha value is -0.870. The summed E-state index contributed by atoms with van der Waals surface area (Å²) in [5, 5.41) is 4.56. The van der Waals surface area contributed by atoms with Crippen LogP contribution in [0.2, 0.25) is 0 Å². The van der Waals surface area contributed by atoms with Crippen LogP contribution in [-0.2, 0) is 20.0 Å². The molecule has 1 aromatic heterocycles. The van der Waals surface area contributed by atoms with Gasteiger partial charge in [-0.05, 0) is 19.4 Å². The van der Waals surface area contributed by atoms with Gasteiger partial charge in [0.2, 0.25) is 0 Å². The normalized spacial score (nSPS) is 22.3. The van der Waals surface area contributed by atoms with Crippen LogP contribution < -0.4 is 0 Å². The minimum atomic E-state index is 0.656. The van der Waals surface area contributed by atoms with Crippen molar-refractivity contribution in [1.29, 1.82) is 0 Å². The Morgan fingerprint density at radius 3 is 2.68 bits per heavy atom. The van der Waals surface area contributed by atoms with Crippen molar-refractivity contribution in [2.24, 2.45) is 13.0 Å². The van der Waals surface area contributed by atoms with Crippen molar-refractivity contribution in [2.45, 2.75) is 39.8 Å². The van der Waals surface area contributed by atoms with Crippen LogP contribution >= 0.6 is 0 Å². The fourth-order valence-electron chi connectivity index (χ4n) is 3.05. The zero-order chi connectivity index (χ0) is 14.0. The summed E-state index contributed by atoms with van der Waals surface area (Å²) in [5.41, 5.74) is 2.66. The van der Waals surface area contributed by atoms with Crippen LogP contribution in [0.3, 0.4) is 0 Å². The Morgan fingerprint density at radius 1 is 1.32 bits per heavy atom. The predicted octanol–water partition coefficient (Wildman–Crippen LogP) is 1.75. The maximum Gasteiger partial charge on any atom is 0.0666 e. The topological polar surface area (TPSA) is 24.3 Å². The van der Waals surface area contributed by atoms with Gasteiger partial charge in [-0.3, -0.25) is 9.58 Å². The second-order valence-electron chi connectivity index (χ2n) is 6.17. The summed E-state index contributed by atoms with van der Waals surface area (Å²) in [6.07, 6.45) is 3.21. The van der Waals surface area contributed by atoms with Crippen LogP contribution in [0.4, 0.5) is 0 Å². The molecule has 1 atom stereocenters. The second-order valence-corrected chi connectivity index (χ2v) is 6.17. The third-order valence-corrected chi connectivity index (χ3v) is 4.21. The van der Waals surface area contributed by atoms with Crippen LogP contribution in [0.5, 0.6) is 0 Å². The zero-order valence-corrected chi connectivity index (χ0v) is 13.1. The summed E-state index contributed by atoms with van der Waals surface area (Å²) < 4.78 is 1.95. The van der Waals surface area contributed by atoms with Crippen molar-refractivity contribution in [1.82, 2.24) is 19.6 Å². The van der Waals surface area contributed by atoms with E-state index in [9.17, 15) is 0 Å². The minimum absolute atomic E-state index is 0.656. The summed E-state index contributed by atoms with van der Waals surface area (Å²) in [6.45, 7) is 11.4. The van der Waals surface area contributed by atoms with Crippen LogP contribution in [0.15, 0.2) is 6.20 Å². The predicted molar refractivity (Wildman–Crippen MR) is 79.1 cm³/mol. The molecule has 0 radical (unpaired) electrons. The molecule has 0 spiro atoms. The Morgan fingerprint density at radius 2 is 2.05 bits per heavy atom. The van der Waals surface area contributed by atoms with Crippen LogP contribution in [-0.4, -0.2) is 52.3 Å². The van der Waals surface area contributed by atoms with E-state index in [-0.39, 0.29) is 0 Å². The molecule has 0 aliphatic carbocycles. The third kappa shape index (κ3) is 3.37. The largest absolute Gasteiger partial charge is 0.304 e. The first-order chi connectivity index (χ1) is 9.01. The molecule has 0 bridgehead atoms. The van der Waals surface area contributed by atoms with E-state index in [0.717, 1.165) is 19.5 Å². The number of nitrogens with zero attached hydrogens (tertiary/aromatic N) is 4. The van der Waals surface area contributed by atoms with E-state index >= 15 is 0 Å². The van der Waals surface area contributed by atoms with E-state index in [0.29, 0.717) is 12.0 Å². The summed E-state index contributed by atoms with van der Waals surface area (Å²) in [4.78, 5) is 5.09. The van der Waals surface area contributed by atoms with Gasteiger partial charge in [0, 0.05) is 51.0 Å². The lowest BCUT2D eigenvalue weighted by atomic mass is 9.99. The zero-order valence-electron chi connectivity index (χ0n) is 13.1. The Kier molecular flexibility index (Phi) is 4.63. The Balaban J connectivity index is 2.11. The molecule has 2 heterocycles. The summed E-state index contributed by atoms with van der Waals surface area (Å²) in [6, 6.07) is 0.656. The quantitative estimate of drug-likeness (QED) is 0.828. The van der Waals surface area contributed by atoms with Gasteiger partial charge in [0.1, 0.15) is 0 Å². The Labute approximate surface area is 117 Å². The summed E-state index contributed by atoms with van der Waals surface area (Å²) in [7, 11) is 4.25. The van der Waals surface area contributed by atoms with Crippen LogP contribution in [0.25, 0.3) is 0 Å². The molecule has 0 amide bonds. The average molecular weight is 264 g/mol. The molecule has 19 heavy (non-hydrogen) atoms. The lowest BCUT2D eigenvalue weighted by Crippen LogP contribution is -2.53. The first-order valence-electron chi connectivity index (χ1n) is 7.45. The van der Waals surface area contributed by atoms with Crippen molar-refractivity contribution < 1.29 is 0 Å². The second kappa shape index (κ2) is 6.06. The number of rotatable bonds is 4. The number of hydrogen-bond acceptors (Lipinski definition) is 3. The van der Waals surface area contributed by atoms with Gasteiger partial charge < -0.3 is 4.90 Å². The van der Waals surface area contributed by atoms with Gasteiger partial charge in [-0.2, -0.15) is 5.10 Å². The molecular weight excluding hydrogens is 236 g/mol. The highest BCUT2D eigenvalue weighted by Crippen LogP contribution is 2.20. The number of aryl methyl sites for hydroxylation is 2. The number of hydrogen-bond donors (Lipinski definition) is 0. The lowest BCUT2D eigenvalue weighted by Gasteiger charge is -2.42. The smallest absolute Gasteiger partial charge is 0.0666 e. The third-order valence-electron chi connectivity index (χ3n) is 4.21. The maximum atomic E-state index is 4.56. The van der Waals surface area contributed by atoms with Gasteiger partial charge in [0.25, 0.3) is 0 Å². The summed E-state index contributed by atoms with van der Waals surface area (Å²) >= 11 is 0. The first-order valence-corrected chi connectivity index (χ1v) is 7.45. The molecule has 0 N–H and O–H groups in total. The van der Waals surface area contributed by atoms with E-state index < -0.39 is 0 Å². The van der Waals surface area contributed by atoms with Gasteiger partial charge in [0.05, 0.1) is 5.69 Å². The van der Waals surface area contributed by atoms with Gasteiger partial charge in [-0.15, -0.1) is 0 Å². The monoisotopic (exact) mass is 264 g/mol. The van der Waals surface area contributed by atoms with E-state index in [4.69, 9.17) is 0 Å². The molecule has 1 saturated heterocycles. The number of piperazine rings is 1. The standard InChI is InChI=1S/C15H28N4/c1-6-14-13(9-18(5)16-14)10-19-8-7-17(4)11-15(19)12(2)3/h9,12,15H,6-8,10-11H2,1-5H3/t15-/m0/s1. The van der Waals surface area contributed by atoms with Crippen molar-refractivity contribution in [2.75, 3.05) is 26.7 Å². The van der Waals surface area contributed by atoms with Crippen LogP contribution in [0.1, 0.15) is 32.0 Å². The van der Waals surface area contributed by atoms with E-state index in [2.05, 4.69) is 48.9 Å². The number of likely N-dealkylation sites (N-methyl/N-ethyl adjacent to an activating group) is 1. The Bertz CT molecular complexity index is 410. The molecule has 1 aromatic rings. The van der Waals surface area contributed by atoms with E-state index in [1.807, 2.05) is 11.7 Å². The molecule has 108 valence electrons. The molecule has 4 nitrogen and oxygen atoms in total. The van der Waals surface area contributed by atoms with Crippen molar-refractivity contribution in [3.05, 3.63) is 17.5 Å². The van der Waals surface area contributed by atoms with Gasteiger partial charge in [-0.1, -0.05) is 20.8 Å².